The van der Waals surface area contributed by atoms with Crippen LogP contribution in [0.25, 0.3) is 0 Å². The van der Waals surface area contributed by atoms with Crippen molar-refractivity contribution in [2.24, 2.45) is 0 Å². The zero-order chi connectivity index (χ0) is 31.4. The molecule has 0 atom stereocenters. The molecule has 0 unspecified atom stereocenters. The Morgan fingerprint density at radius 3 is 1.71 bits per heavy atom. The molecule has 1 aliphatic rings. The number of halogens is 13. The van der Waals surface area contributed by atoms with Gasteiger partial charge in [-0.05, 0) is 42.5 Å². The summed E-state index contributed by atoms with van der Waals surface area (Å²) < 4.78 is 176. The largest absolute Gasteiger partial charge is 0.460 e. The van der Waals surface area contributed by atoms with Crippen molar-refractivity contribution in [1.82, 2.24) is 0 Å². The third kappa shape index (κ3) is 5.11. The minimum Gasteiger partial charge on any atom is -0.355 e. The fourth-order valence-electron chi connectivity index (χ4n) is 4.05. The molecular weight excluding hydrogens is 619 g/mol. The highest BCUT2D eigenvalue weighted by atomic mass is 32.2. The smallest absolute Gasteiger partial charge is 0.355 e. The molecule has 42 heavy (non-hydrogen) atoms. The molecule has 1 heterocycles. The Morgan fingerprint density at radius 2 is 1.10 bits per heavy atom. The van der Waals surface area contributed by atoms with Gasteiger partial charge in [0.05, 0.1) is 11.4 Å². The molecule has 0 bridgehead atoms. The molecule has 1 N–H and O–H groups in total. The van der Waals surface area contributed by atoms with Gasteiger partial charge in [-0.25, -0.2) is 0 Å². The molecule has 0 saturated carbocycles. The minimum absolute atomic E-state index is 0.122. The molecule has 4 rings (SSSR count). The van der Waals surface area contributed by atoms with Crippen LogP contribution in [0.1, 0.15) is 6.42 Å². The van der Waals surface area contributed by atoms with Gasteiger partial charge in [0.25, 0.3) is 0 Å². The number of nitrogens with zero attached hydrogens (tertiary/aromatic N) is 1. The van der Waals surface area contributed by atoms with E-state index in [1.807, 2.05) is 0 Å². The van der Waals surface area contributed by atoms with Gasteiger partial charge >= 0.3 is 35.8 Å². The first kappa shape index (κ1) is 31.6. The Kier molecular flexibility index (Phi) is 7.87. The molecular formula is C26H17F13N2S. The van der Waals surface area contributed by atoms with E-state index in [1.165, 1.54) is 30.3 Å². The van der Waals surface area contributed by atoms with E-state index < -0.39 is 48.8 Å². The first-order valence-corrected chi connectivity index (χ1v) is 12.5. The second kappa shape index (κ2) is 10.5. The Balaban J connectivity index is 1.64. The van der Waals surface area contributed by atoms with Crippen LogP contribution >= 0.6 is 11.8 Å². The number of anilines is 4. The average molecular weight is 636 g/mol. The summed E-state index contributed by atoms with van der Waals surface area (Å²) in [5.74, 6) is -37.0. The lowest BCUT2D eigenvalue weighted by Crippen LogP contribution is -2.70. The van der Waals surface area contributed by atoms with Gasteiger partial charge < -0.3 is 10.2 Å². The quantitative estimate of drug-likeness (QED) is 0.236. The first-order valence-electron chi connectivity index (χ1n) is 11.7. The van der Waals surface area contributed by atoms with Crippen LogP contribution in [-0.2, 0) is 0 Å². The van der Waals surface area contributed by atoms with Crippen LogP contribution in [0.3, 0.4) is 0 Å². The average Bonchev–Trinajstić information content (AvgIpc) is 2.90. The molecule has 228 valence electrons. The van der Waals surface area contributed by atoms with E-state index in [0.29, 0.717) is 21.2 Å². The van der Waals surface area contributed by atoms with Gasteiger partial charge in [-0.2, -0.15) is 57.1 Å². The van der Waals surface area contributed by atoms with Crippen molar-refractivity contribution in [1.29, 1.82) is 0 Å². The summed E-state index contributed by atoms with van der Waals surface area (Å²) in [6, 6.07) is 19.0. The Labute approximate surface area is 233 Å². The molecule has 0 radical (unpaired) electrons. The second-order valence-corrected chi connectivity index (χ2v) is 10.2. The van der Waals surface area contributed by atoms with Gasteiger partial charge in [-0.15, -0.1) is 0 Å². The monoisotopic (exact) mass is 636 g/mol. The fourth-order valence-corrected chi connectivity index (χ4v) is 5.19. The third-order valence-corrected chi connectivity index (χ3v) is 7.45. The number of hydrogen-bond donors (Lipinski definition) is 1. The van der Waals surface area contributed by atoms with Crippen molar-refractivity contribution in [3.05, 3.63) is 72.8 Å². The first-order chi connectivity index (χ1) is 19.2. The normalized spacial score (nSPS) is 14.8. The summed E-state index contributed by atoms with van der Waals surface area (Å²) in [5, 5.41) is 3.08. The molecule has 1 aliphatic heterocycles. The highest BCUT2D eigenvalue weighted by Crippen LogP contribution is 2.61. The van der Waals surface area contributed by atoms with Gasteiger partial charge in [0, 0.05) is 34.1 Å². The maximum atomic E-state index is 14.6. The van der Waals surface area contributed by atoms with Gasteiger partial charge in [0.15, 0.2) is 0 Å². The van der Waals surface area contributed by atoms with E-state index in [1.54, 1.807) is 42.5 Å². The van der Waals surface area contributed by atoms with Crippen LogP contribution in [0, 0.1) is 0 Å². The van der Waals surface area contributed by atoms with Crippen LogP contribution in [0.2, 0.25) is 0 Å². The summed E-state index contributed by atoms with van der Waals surface area (Å²) in [6.45, 7) is -1.24. The van der Waals surface area contributed by atoms with Gasteiger partial charge in [0.2, 0.25) is 0 Å². The van der Waals surface area contributed by atoms with Gasteiger partial charge in [0.1, 0.15) is 0 Å². The zero-order valence-electron chi connectivity index (χ0n) is 20.6. The predicted octanol–water partition coefficient (Wildman–Crippen LogP) is 10.2. The zero-order valence-corrected chi connectivity index (χ0v) is 21.4. The molecule has 3 aromatic rings. The standard InChI is InChI=1S/C26H17F13N2S/c27-21(28,22(29,30)23(31,32)24(33,34)25(35,36)26(37,38)39)12-13-41-17-8-4-5-9-19(17)42-20-14-16(10-11-18(20)41)40-15-6-2-1-3-7-15/h1-11,14,40H,12-13H2. The lowest BCUT2D eigenvalue weighted by Gasteiger charge is -2.40. The molecule has 16 heteroatoms. The number of benzene rings is 3. The number of rotatable bonds is 9. The highest BCUT2D eigenvalue weighted by molar-refractivity contribution is 7.99. The van der Waals surface area contributed by atoms with Crippen LogP contribution in [0.4, 0.5) is 79.8 Å². The second-order valence-electron chi connectivity index (χ2n) is 9.14. The summed E-state index contributed by atoms with van der Waals surface area (Å²) >= 11 is 1.14. The Hall–Kier alpha value is -3.30. The third-order valence-electron chi connectivity index (χ3n) is 6.34. The topological polar surface area (TPSA) is 15.3 Å². The van der Waals surface area contributed by atoms with E-state index in [4.69, 9.17) is 0 Å². The number of fused-ring (bicyclic) bond motifs is 2. The number of para-hydroxylation sites is 2. The van der Waals surface area contributed by atoms with Crippen LogP contribution in [0.5, 0.6) is 0 Å². The lowest BCUT2D eigenvalue weighted by atomic mass is 9.92. The van der Waals surface area contributed by atoms with Gasteiger partial charge in [-0.1, -0.05) is 42.1 Å². The van der Waals surface area contributed by atoms with E-state index in [9.17, 15) is 57.1 Å². The molecule has 0 fully saturated rings. The summed E-state index contributed by atoms with van der Waals surface area (Å²) in [6.07, 6.45) is -9.77. The van der Waals surface area contributed by atoms with E-state index in [-0.39, 0.29) is 11.4 Å². The number of alkyl halides is 13. The number of nitrogens with one attached hydrogen (secondary N) is 1. The van der Waals surface area contributed by atoms with Crippen LogP contribution in [0.15, 0.2) is 82.6 Å². The Bertz CT molecular complexity index is 1430. The van der Waals surface area contributed by atoms with Crippen molar-refractivity contribution in [2.75, 3.05) is 16.8 Å². The Morgan fingerprint density at radius 1 is 0.548 bits per heavy atom. The lowest BCUT2D eigenvalue weighted by molar-refractivity contribution is -0.440. The maximum absolute atomic E-state index is 14.6. The van der Waals surface area contributed by atoms with E-state index >= 15 is 0 Å². The molecule has 3 aromatic carbocycles. The van der Waals surface area contributed by atoms with E-state index in [2.05, 4.69) is 5.32 Å². The molecule has 0 aromatic heterocycles. The van der Waals surface area contributed by atoms with Crippen molar-refractivity contribution in [3.63, 3.8) is 0 Å². The van der Waals surface area contributed by atoms with Crippen molar-refractivity contribution in [3.8, 4) is 0 Å². The molecule has 2 nitrogen and oxygen atoms in total. The van der Waals surface area contributed by atoms with Crippen molar-refractivity contribution < 1.29 is 57.1 Å². The van der Waals surface area contributed by atoms with Crippen LogP contribution in [-0.4, -0.2) is 42.3 Å². The SMILES string of the molecule is FC(F)(F)C(F)(F)C(F)(F)C(F)(F)C(F)(F)C(F)(F)CCN1c2ccccc2Sc2cc(Nc3ccccc3)ccc21. The highest BCUT2D eigenvalue weighted by Gasteiger charge is 2.90. The minimum atomic E-state index is -7.92. The molecule has 0 aliphatic carbocycles. The summed E-state index contributed by atoms with van der Waals surface area (Å²) in [5.41, 5.74) is 1.44. The van der Waals surface area contributed by atoms with Crippen molar-refractivity contribution in [2.45, 2.75) is 52.0 Å². The summed E-state index contributed by atoms with van der Waals surface area (Å²) in [4.78, 5) is 1.78. The predicted molar refractivity (Wildman–Crippen MR) is 129 cm³/mol. The van der Waals surface area contributed by atoms with Gasteiger partial charge in [-0.3, -0.25) is 0 Å². The fraction of sp³-hybridized carbons (Fsp3) is 0.308. The molecule has 0 spiro atoms. The van der Waals surface area contributed by atoms with Crippen LogP contribution < -0.4 is 10.2 Å². The molecule has 0 amide bonds. The number of hydrogen-bond acceptors (Lipinski definition) is 3. The summed E-state index contributed by atoms with van der Waals surface area (Å²) in [7, 11) is 0. The maximum Gasteiger partial charge on any atom is 0.460 e. The van der Waals surface area contributed by atoms with E-state index in [0.717, 1.165) is 16.7 Å². The van der Waals surface area contributed by atoms with Crippen molar-refractivity contribution >= 4 is 34.5 Å². The molecule has 0 saturated heterocycles.